The van der Waals surface area contributed by atoms with Crippen molar-refractivity contribution in [2.24, 2.45) is 0 Å². The molecule has 6 rings (SSSR count). The van der Waals surface area contributed by atoms with E-state index in [1.807, 2.05) is 0 Å². The minimum Gasteiger partial charge on any atom is -0.456 e. The normalized spacial score (nSPS) is 11.2. The third-order valence-electron chi connectivity index (χ3n) is 9.69. The van der Waals surface area contributed by atoms with Gasteiger partial charge in [0.05, 0.1) is 5.56 Å². The maximum absolute atomic E-state index is 8.88. The number of hydrogen-bond acceptors (Lipinski definition) is 4. The highest BCUT2D eigenvalue weighted by molar-refractivity contribution is 7.45. The lowest BCUT2D eigenvalue weighted by Crippen LogP contribution is -2.05. The van der Waals surface area contributed by atoms with Gasteiger partial charge >= 0.3 is 15.6 Å². The summed E-state index contributed by atoms with van der Waals surface area (Å²) in [5.74, 6) is 3.33. The molecular weight excluding hydrogens is 774 g/mol. The molecule has 306 valence electrons. The van der Waals surface area contributed by atoms with Gasteiger partial charge in [0, 0.05) is 5.56 Å². The van der Waals surface area contributed by atoms with Crippen LogP contribution in [0.3, 0.4) is 0 Å². The summed E-state index contributed by atoms with van der Waals surface area (Å²) in [5, 5.41) is 0. The van der Waals surface area contributed by atoms with Crippen LogP contribution in [0, 0.1) is 69.2 Å². The van der Waals surface area contributed by atoms with Crippen molar-refractivity contribution in [3.05, 3.63) is 153 Å². The van der Waals surface area contributed by atoms with Crippen molar-refractivity contribution in [3.63, 3.8) is 0 Å². The minimum absolute atomic E-state index is 0.777. The van der Waals surface area contributed by atoms with Crippen molar-refractivity contribution in [1.82, 2.24) is 0 Å². The number of phosphoric acid groups is 2. The summed E-state index contributed by atoms with van der Waals surface area (Å²) in [5.41, 5.74) is 18.1. The second-order valence-electron chi connectivity index (χ2n) is 14.5. The average molecular weight is 827 g/mol. The van der Waals surface area contributed by atoms with E-state index in [1.54, 1.807) is 0 Å². The van der Waals surface area contributed by atoms with Crippen molar-refractivity contribution < 1.29 is 48.0 Å². The summed E-state index contributed by atoms with van der Waals surface area (Å²) >= 11 is 0. The molecule has 0 radical (unpaired) electrons. The quantitative estimate of drug-likeness (QED) is 0.0850. The van der Waals surface area contributed by atoms with Gasteiger partial charge in [0.2, 0.25) is 0 Å². The first-order valence-corrected chi connectivity index (χ1v) is 21.6. The zero-order valence-electron chi connectivity index (χ0n) is 34.4. The van der Waals surface area contributed by atoms with Crippen molar-refractivity contribution in [2.45, 2.75) is 69.2 Å². The van der Waals surface area contributed by atoms with E-state index in [1.165, 1.54) is 44.5 Å². The van der Waals surface area contributed by atoms with Crippen LogP contribution in [-0.2, 0) is 9.13 Å². The summed E-state index contributed by atoms with van der Waals surface area (Å²) in [4.78, 5) is 43.1. The van der Waals surface area contributed by atoms with Gasteiger partial charge in [-0.25, -0.2) is 9.13 Å². The molecule has 0 aliphatic carbocycles. The Bertz CT molecular complexity index is 2410. The molecule has 58 heavy (non-hydrogen) atoms. The van der Waals surface area contributed by atoms with E-state index < -0.39 is 15.6 Å². The molecule has 0 aliphatic rings. The van der Waals surface area contributed by atoms with Crippen LogP contribution in [0.2, 0.25) is 0 Å². The molecule has 0 spiro atoms. The first-order chi connectivity index (χ1) is 27.0. The lowest BCUT2D eigenvalue weighted by atomic mass is 9.82. The van der Waals surface area contributed by atoms with E-state index in [4.69, 9.17) is 48.0 Å². The number of ether oxygens (including phenoxy) is 2. The predicted octanol–water partition coefficient (Wildman–Crippen LogP) is 11.5. The van der Waals surface area contributed by atoms with Crippen molar-refractivity contribution in [2.75, 3.05) is 0 Å². The van der Waals surface area contributed by atoms with Gasteiger partial charge in [0.1, 0.15) is 23.0 Å². The monoisotopic (exact) mass is 826 g/mol. The molecule has 6 aromatic rings. The molecule has 0 aromatic heterocycles. The Labute approximate surface area is 340 Å². The fourth-order valence-electron chi connectivity index (χ4n) is 7.29. The van der Waals surface area contributed by atoms with E-state index >= 15 is 0 Å². The topological polar surface area (TPSA) is 174 Å². The summed E-state index contributed by atoms with van der Waals surface area (Å²) in [6.07, 6.45) is 0. The van der Waals surface area contributed by atoms with E-state index in [2.05, 4.69) is 166 Å². The average Bonchev–Trinajstić information content (AvgIpc) is 3.08. The molecule has 0 bridgehead atoms. The van der Waals surface area contributed by atoms with Crippen LogP contribution in [0.15, 0.2) is 97.1 Å². The van der Waals surface area contributed by atoms with Gasteiger partial charge in [-0.05, 0) is 153 Å². The molecule has 0 heterocycles. The number of hydrogen-bond donors (Lipinski definition) is 6. The Hall–Kier alpha value is -4.86. The predicted molar refractivity (Wildman–Crippen MR) is 232 cm³/mol. The highest BCUT2D eigenvalue weighted by atomic mass is 31.2. The van der Waals surface area contributed by atoms with Crippen LogP contribution in [0.4, 0.5) is 0 Å². The maximum atomic E-state index is 8.88. The fraction of sp³-hybridized carbons (Fsp3) is 0.217. The number of benzene rings is 6. The number of para-hydroxylation sites is 2. The minimum atomic E-state index is -4.64. The molecule has 0 amide bonds. The van der Waals surface area contributed by atoms with Gasteiger partial charge in [0.25, 0.3) is 0 Å². The largest absolute Gasteiger partial charge is 0.466 e. The Morgan fingerprint density at radius 2 is 0.603 bits per heavy atom. The second-order valence-corrected chi connectivity index (χ2v) is 16.5. The van der Waals surface area contributed by atoms with Gasteiger partial charge in [-0.15, -0.1) is 0 Å². The smallest absolute Gasteiger partial charge is 0.456 e. The van der Waals surface area contributed by atoms with E-state index in [-0.39, 0.29) is 0 Å². The fourth-order valence-corrected chi connectivity index (χ4v) is 7.29. The molecule has 0 unspecified atom stereocenters. The molecule has 6 aromatic carbocycles. The molecule has 0 aliphatic heterocycles. The van der Waals surface area contributed by atoms with E-state index in [0.29, 0.717) is 0 Å². The van der Waals surface area contributed by atoms with Gasteiger partial charge in [-0.1, -0.05) is 91.0 Å². The number of aryl methyl sites for hydroxylation is 10. The zero-order valence-corrected chi connectivity index (χ0v) is 36.2. The van der Waals surface area contributed by atoms with Crippen LogP contribution in [-0.4, -0.2) is 29.4 Å². The standard InChI is InChI=1S/C46H46O2.2H3O4P/c1-27-16-11-17-28(2)39(27)37-26-38(47-44-33(7)22-14-23-34(44)8)43(41-31(5)20-13-21-32(41)6)46(48-45-35(9)24-15-25-36(45)10)42(37)40-29(3)18-12-19-30(40)4;2*1-5(2,3)4/h11-26H,1-10H3;2*(H3,1,2,3,4). The van der Waals surface area contributed by atoms with Crippen molar-refractivity contribution in [3.8, 4) is 56.4 Å². The van der Waals surface area contributed by atoms with Crippen LogP contribution in [0.1, 0.15) is 55.6 Å². The maximum Gasteiger partial charge on any atom is 0.466 e. The summed E-state index contributed by atoms with van der Waals surface area (Å²) in [6.45, 7) is 21.7. The van der Waals surface area contributed by atoms with Crippen LogP contribution < -0.4 is 9.47 Å². The van der Waals surface area contributed by atoms with Crippen LogP contribution >= 0.6 is 15.6 Å². The molecule has 0 atom stereocenters. The summed E-state index contributed by atoms with van der Waals surface area (Å²) < 4.78 is 32.4. The summed E-state index contributed by atoms with van der Waals surface area (Å²) in [6, 6.07) is 34.6. The molecule has 0 fully saturated rings. The SMILES string of the molecule is Cc1cccc(C)c1Oc1cc(-c2c(C)cccc2C)c(-c2c(C)cccc2C)c(Oc2c(C)cccc2C)c1-c1c(C)cccc1C.O=P(O)(O)O.O=P(O)(O)O. The Balaban J connectivity index is 0.000000665. The van der Waals surface area contributed by atoms with Gasteiger partial charge < -0.3 is 38.8 Å². The van der Waals surface area contributed by atoms with E-state index in [9.17, 15) is 0 Å². The lowest BCUT2D eigenvalue weighted by molar-refractivity contribution is 0.272. The van der Waals surface area contributed by atoms with Crippen LogP contribution in [0.25, 0.3) is 33.4 Å². The van der Waals surface area contributed by atoms with Crippen molar-refractivity contribution in [1.29, 1.82) is 0 Å². The Morgan fingerprint density at radius 3 is 0.931 bits per heavy atom. The highest BCUT2D eigenvalue weighted by Gasteiger charge is 2.30. The van der Waals surface area contributed by atoms with Crippen LogP contribution in [0.5, 0.6) is 23.0 Å². The molecular formula is C46H52O10P2. The zero-order chi connectivity index (χ0) is 43.3. The lowest BCUT2D eigenvalue weighted by Gasteiger charge is -2.28. The first-order valence-electron chi connectivity index (χ1n) is 18.4. The Morgan fingerprint density at radius 1 is 0.345 bits per heavy atom. The molecule has 0 saturated carbocycles. The van der Waals surface area contributed by atoms with Gasteiger partial charge in [0.15, 0.2) is 0 Å². The summed E-state index contributed by atoms with van der Waals surface area (Å²) in [7, 11) is -9.28. The first kappa shape index (κ1) is 45.8. The molecule has 12 heteroatoms. The van der Waals surface area contributed by atoms with Gasteiger partial charge in [-0.3, -0.25) is 0 Å². The number of rotatable bonds is 7. The molecule has 6 N–H and O–H groups in total. The molecule has 0 saturated heterocycles. The highest BCUT2D eigenvalue weighted by Crippen LogP contribution is 2.56. The second kappa shape index (κ2) is 18.8. The van der Waals surface area contributed by atoms with Crippen molar-refractivity contribution >= 4 is 15.6 Å². The third kappa shape index (κ3) is 11.6. The molecule has 10 nitrogen and oxygen atoms in total. The third-order valence-corrected chi connectivity index (χ3v) is 9.69. The Kier molecular flexibility index (Phi) is 14.9. The van der Waals surface area contributed by atoms with Gasteiger partial charge in [-0.2, -0.15) is 0 Å². The van der Waals surface area contributed by atoms with E-state index in [0.717, 1.165) is 67.5 Å².